The highest BCUT2D eigenvalue weighted by atomic mass is 32.1. The maximum Gasteiger partial charge on any atom is 0.252 e. The van der Waals surface area contributed by atoms with Gasteiger partial charge in [-0.05, 0) is 37.2 Å². The predicted octanol–water partition coefficient (Wildman–Crippen LogP) is 3.04. The number of rotatable bonds is 3. The zero-order chi connectivity index (χ0) is 15.2. The molecule has 1 heterocycles. The lowest BCUT2D eigenvalue weighted by Gasteiger charge is -2.31. The number of aliphatic hydroxyl groups is 1. The van der Waals surface area contributed by atoms with Crippen LogP contribution >= 0.6 is 11.3 Å². The lowest BCUT2D eigenvalue weighted by molar-refractivity contribution is 0.0911. The average molecular weight is 305 g/mol. The van der Waals surface area contributed by atoms with Crippen LogP contribution < -0.4 is 5.32 Å². The molecule has 1 fully saturated rings. The summed E-state index contributed by atoms with van der Waals surface area (Å²) in [6.45, 7) is 4.59. The first-order valence-corrected chi connectivity index (χ1v) is 8.45. The molecule has 2 rings (SSSR count). The topological polar surface area (TPSA) is 49.3 Å². The van der Waals surface area contributed by atoms with Gasteiger partial charge >= 0.3 is 0 Å². The van der Waals surface area contributed by atoms with E-state index in [2.05, 4.69) is 31.0 Å². The third-order valence-electron chi connectivity index (χ3n) is 3.82. The Labute approximate surface area is 130 Å². The molecule has 114 valence electrons. The highest BCUT2D eigenvalue weighted by Gasteiger charge is 2.25. The van der Waals surface area contributed by atoms with Crippen molar-refractivity contribution in [3.05, 3.63) is 21.9 Å². The number of carbonyl (C=O) groups is 1. The van der Waals surface area contributed by atoms with Gasteiger partial charge in [-0.1, -0.05) is 25.7 Å². The fraction of sp³-hybridized carbons (Fsp3) is 0.588. The van der Waals surface area contributed by atoms with Crippen molar-refractivity contribution in [2.24, 2.45) is 11.8 Å². The summed E-state index contributed by atoms with van der Waals surface area (Å²) in [6, 6.07) is 2.13. The van der Waals surface area contributed by atoms with Gasteiger partial charge in [-0.3, -0.25) is 4.79 Å². The van der Waals surface area contributed by atoms with Gasteiger partial charge in [0.05, 0.1) is 17.0 Å². The van der Waals surface area contributed by atoms with Gasteiger partial charge in [0.1, 0.15) is 0 Å². The first-order valence-electron chi connectivity index (χ1n) is 7.57. The van der Waals surface area contributed by atoms with Crippen molar-refractivity contribution in [3.8, 4) is 11.8 Å². The zero-order valence-electron chi connectivity index (χ0n) is 12.7. The zero-order valence-corrected chi connectivity index (χ0v) is 13.5. The molecular formula is C17H23NO2S. The van der Waals surface area contributed by atoms with Crippen LogP contribution in [0, 0.1) is 23.7 Å². The highest BCUT2D eigenvalue weighted by Crippen LogP contribution is 2.28. The van der Waals surface area contributed by atoms with E-state index in [-0.39, 0.29) is 12.5 Å². The molecule has 2 unspecified atom stereocenters. The van der Waals surface area contributed by atoms with Gasteiger partial charge in [0.25, 0.3) is 5.91 Å². The van der Waals surface area contributed by atoms with Gasteiger partial charge in [-0.15, -0.1) is 11.3 Å². The van der Waals surface area contributed by atoms with Crippen molar-refractivity contribution in [1.82, 2.24) is 5.32 Å². The lowest BCUT2D eigenvalue weighted by Crippen LogP contribution is -2.39. The number of thiophene rings is 1. The molecule has 0 aliphatic heterocycles. The van der Waals surface area contributed by atoms with Gasteiger partial charge in [0.15, 0.2) is 0 Å². The standard InChI is InChI=1S/C17H23NO2S/c1-12-7-13(2)9-15(8-12)18-17(20)14-10-16(21-11-14)5-3-4-6-19/h10-13,15,19H,4,6-9H2,1-2H3,(H,18,20). The molecule has 1 amide bonds. The Hall–Kier alpha value is -1.31. The minimum absolute atomic E-state index is 0.00718. The van der Waals surface area contributed by atoms with E-state index < -0.39 is 0 Å². The second kappa shape index (κ2) is 7.63. The number of nitrogens with one attached hydrogen (secondary N) is 1. The Bertz CT molecular complexity index is 530. The van der Waals surface area contributed by atoms with Crippen LogP contribution in [0.1, 0.15) is 54.8 Å². The molecule has 21 heavy (non-hydrogen) atoms. The minimum Gasteiger partial charge on any atom is -0.395 e. The summed E-state index contributed by atoms with van der Waals surface area (Å²) < 4.78 is 0. The van der Waals surface area contributed by atoms with E-state index in [1.54, 1.807) is 0 Å². The van der Waals surface area contributed by atoms with Gasteiger partial charge < -0.3 is 10.4 Å². The van der Waals surface area contributed by atoms with Crippen LogP contribution in [0.2, 0.25) is 0 Å². The quantitative estimate of drug-likeness (QED) is 0.843. The number of amides is 1. The Morgan fingerprint density at radius 3 is 2.76 bits per heavy atom. The summed E-state index contributed by atoms with van der Waals surface area (Å²) in [7, 11) is 0. The Kier molecular flexibility index (Phi) is 5.84. The SMILES string of the molecule is CC1CC(C)CC(NC(=O)c2csc(C#CCCO)c2)C1. The fourth-order valence-electron chi connectivity index (χ4n) is 3.06. The van der Waals surface area contributed by atoms with Gasteiger partial charge in [-0.25, -0.2) is 0 Å². The van der Waals surface area contributed by atoms with E-state index in [1.165, 1.54) is 17.8 Å². The van der Waals surface area contributed by atoms with E-state index in [4.69, 9.17) is 5.11 Å². The van der Waals surface area contributed by atoms with E-state index in [0.717, 1.165) is 17.7 Å². The van der Waals surface area contributed by atoms with Crippen molar-refractivity contribution in [2.75, 3.05) is 6.61 Å². The maximum absolute atomic E-state index is 12.3. The van der Waals surface area contributed by atoms with Crippen LogP contribution in [0.4, 0.5) is 0 Å². The van der Waals surface area contributed by atoms with E-state index in [0.29, 0.717) is 29.9 Å². The summed E-state index contributed by atoms with van der Waals surface area (Å²) in [5, 5.41) is 13.7. The smallest absolute Gasteiger partial charge is 0.252 e. The fourth-order valence-corrected chi connectivity index (χ4v) is 3.82. The van der Waals surface area contributed by atoms with Crippen molar-refractivity contribution in [1.29, 1.82) is 0 Å². The summed E-state index contributed by atoms with van der Waals surface area (Å²) in [5.41, 5.74) is 0.694. The maximum atomic E-state index is 12.3. The Morgan fingerprint density at radius 1 is 1.38 bits per heavy atom. The molecule has 1 aromatic rings. The van der Waals surface area contributed by atoms with Crippen LogP contribution in [0.25, 0.3) is 0 Å². The number of hydrogen-bond acceptors (Lipinski definition) is 3. The third kappa shape index (κ3) is 4.87. The molecule has 0 spiro atoms. The number of hydrogen-bond donors (Lipinski definition) is 2. The largest absolute Gasteiger partial charge is 0.395 e. The molecule has 1 saturated carbocycles. The summed E-state index contributed by atoms with van der Waals surface area (Å²) in [4.78, 5) is 13.2. The van der Waals surface area contributed by atoms with Crippen LogP contribution in [-0.4, -0.2) is 23.7 Å². The lowest BCUT2D eigenvalue weighted by atomic mass is 9.80. The van der Waals surface area contributed by atoms with Crippen molar-refractivity contribution in [3.63, 3.8) is 0 Å². The third-order valence-corrected chi connectivity index (χ3v) is 4.67. The second-order valence-electron chi connectivity index (χ2n) is 6.06. The van der Waals surface area contributed by atoms with Gasteiger partial charge in [0.2, 0.25) is 0 Å². The molecule has 0 bridgehead atoms. The normalized spacial score (nSPS) is 25.0. The number of aliphatic hydroxyl groups excluding tert-OH is 1. The van der Waals surface area contributed by atoms with Crippen LogP contribution in [0.5, 0.6) is 0 Å². The van der Waals surface area contributed by atoms with Gasteiger partial charge in [0, 0.05) is 17.8 Å². The van der Waals surface area contributed by atoms with Crippen molar-refractivity contribution in [2.45, 2.75) is 45.6 Å². The molecule has 0 saturated heterocycles. The molecule has 1 aliphatic rings. The molecular weight excluding hydrogens is 282 g/mol. The first kappa shape index (κ1) is 16.1. The van der Waals surface area contributed by atoms with Crippen molar-refractivity contribution < 1.29 is 9.90 Å². The van der Waals surface area contributed by atoms with E-state index in [1.807, 2.05) is 11.4 Å². The minimum atomic E-state index is 0.00718. The molecule has 0 radical (unpaired) electrons. The Morgan fingerprint density at radius 2 is 2.10 bits per heavy atom. The summed E-state index contributed by atoms with van der Waals surface area (Å²) in [5.74, 6) is 7.21. The molecule has 4 heteroatoms. The van der Waals surface area contributed by atoms with Crippen LogP contribution in [-0.2, 0) is 0 Å². The van der Waals surface area contributed by atoms with Crippen LogP contribution in [0.3, 0.4) is 0 Å². The first-order chi connectivity index (χ1) is 10.1. The number of carbonyl (C=O) groups excluding carboxylic acids is 1. The summed E-state index contributed by atoms with van der Waals surface area (Å²) >= 11 is 1.48. The molecule has 1 aliphatic carbocycles. The van der Waals surface area contributed by atoms with Crippen LogP contribution in [0.15, 0.2) is 11.4 Å². The molecule has 2 N–H and O–H groups in total. The monoisotopic (exact) mass is 305 g/mol. The molecule has 0 aromatic carbocycles. The average Bonchev–Trinajstić information content (AvgIpc) is 2.86. The second-order valence-corrected chi connectivity index (χ2v) is 6.97. The van der Waals surface area contributed by atoms with Gasteiger partial charge in [-0.2, -0.15) is 0 Å². The molecule has 1 aromatic heterocycles. The highest BCUT2D eigenvalue weighted by molar-refractivity contribution is 7.10. The predicted molar refractivity (Wildman–Crippen MR) is 86.3 cm³/mol. The Balaban J connectivity index is 1.93. The summed E-state index contributed by atoms with van der Waals surface area (Å²) in [6.07, 6.45) is 3.87. The molecule has 2 atom stereocenters. The van der Waals surface area contributed by atoms with E-state index in [9.17, 15) is 4.79 Å². The van der Waals surface area contributed by atoms with E-state index >= 15 is 0 Å². The van der Waals surface area contributed by atoms with Crippen molar-refractivity contribution >= 4 is 17.2 Å². The molecule has 3 nitrogen and oxygen atoms in total.